The Kier molecular flexibility index (Phi) is 4.40. The maximum absolute atomic E-state index is 10.3. The monoisotopic (exact) mass is 205 g/mol. The van der Waals surface area contributed by atoms with Gasteiger partial charge in [0, 0.05) is 0 Å². The van der Waals surface area contributed by atoms with Crippen LogP contribution in [0.2, 0.25) is 0 Å². The van der Waals surface area contributed by atoms with Gasteiger partial charge in [-0.25, -0.2) is 0 Å². The molecular formula is C8H15NO3S. The maximum atomic E-state index is 10.3. The van der Waals surface area contributed by atoms with Gasteiger partial charge in [0.2, 0.25) is 0 Å². The van der Waals surface area contributed by atoms with E-state index in [4.69, 9.17) is 11.0 Å². The molecule has 0 saturated carbocycles. The predicted octanol–water partition coefficient (Wildman–Crippen LogP) is 0.266. The lowest BCUT2D eigenvalue weighted by Gasteiger charge is -2.18. The molecule has 0 atom stereocenters. The third kappa shape index (κ3) is 7.78. The highest BCUT2D eigenvalue weighted by Gasteiger charge is 2.12. The largest absolute Gasteiger partial charge is 0.302 e. The Hall–Kier alpha value is -0.570. The first-order chi connectivity index (χ1) is 5.77. The molecule has 0 radical (unpaired) electrons. The van der Waals surface area contributed by atoms with Gasteiger partial charge in [-0.05, 0) is 26.8 Å². The Bertz CT molecular complexity index is 287. The van der Waals surface area contributed by atoms with Gasteiger partial charge in [-0.15, -0.1) is 6.42 Å². The van der Waals surface area contributed by atoms with Crippen LogP contribution in [-0.4, -0.2) is 30.8 Å². The van der Waals surface area contributed by atoms with Crippen molar-refractivity contribution in [2.75, 3.05) is 12.3 Å². The first-order valence-electron chi connectivity index (χ1n) is 3.95. The van der Waals surface area contributed by atoms with Crippen LogP contribution in [0.3, 0.4) is 0 Å². The Morgan fingerprint density at radius 3 is 2.46 bits per heavy atom. The van der Waals surface area contributed by atoms with Crippen molar-refractivity contribution in [3.63, 3.8) is 0 Å². The van der Waals surface area contributed by atoms with Crippen LogP contribution in [-0.2, 0) is 10.1 Å². The molecule has 4 nitrogen and oxygen atoms in total. The maximum Gasteiger partial charge on any atom is 0.264 e. The lowest BCUT2D eigenvalue weighted by atomic mass is 10.1. The van der Waals surface area contributed by atoms with E-state index in [-0.39, 0.29) is 5.75 Å². The van der Waals surface area contributed by atoms with Crippen LogP contribution in [0.1, 0.15) is 20.3 Å². The number of terminal acetylenes is 1. The van der Waals surface area contributed by atoms with Gasteiger partial charge < -0.3 is 5.32 Å². The molecule has 0 rings (SSSR count). The van der Waals surface area contributed by atoms with Crippen molar-refractivity contribution in [3.05, 3.63) is 0 Å². The molecule has 0 fully saturated rings. The zero-order valence-electron chi connectivity index (χ0n) is 7.87. The van der Waals surface area contributed by atoms with Gasteiger partial charge in [-0.3, -0.25) is 4.55 Å². The van der Waals surface area contributed by atoms with Crippen LogP contribution in [0.4, 0.5) is 0 Å². The van der Waals surface area contributed by atoms with Crippen LogP contribution in [0.5, 0.6) is 0 Å². The molecular weight excluding hydrogens is 190 g/mol. The topological polar surface area (TPSA) is 66.4 Å². The highest BCUT2D eigenvalue weighted by molar-refractivity contribution is 7.85. The predicted molar refractivity (Wildman–Crippen MR) is 51.9 cm³/mol. The standard InChI is InChI=1S/C8H15NO3S/c1-4-8(2,3)9-6-5-7-13(10,11)12/h1,9H,5-7H2,2-3H3,(H,10,11,12). The van der Waals surface area contributed by atoms with Crippen molar-refractivity contribution >= 4 is 10.1 Å². The van der Waals surface area contributed by atoms with E-state index in [2.05, 4.69) is 11.2 Å². The van der Waals surface area contributed by atoms with Gasteiger partial charge in [0.15, 0.2) is 0 Å². The summed E-state index contributed by atoms with van der Waals surface area (Å²) >= 11 is 0. The van der Waals surface area contributed by atoms with E-state index < -0.39 is 15.7 Å². The summed E-state index contributed by atoms with van der Waals surface area (Å²) in [7, 11) is -3.84. The van der Waals surface area contributed by atoms with Crippen LogP contribution < -0.4 is 5.32 Å². The van der Waals surface area contributed by atoms with Crippen molar-refractivity contribution < 1.29 is 13.0 Å². The molecule has 0 heterocycles. The Morgan fingerprint density at radius 2 is 2.08 bits per heavy atom. The second-order valence-electron chi connectivity index (χ2n) is 3.34. The fraction of sp³-hybridized carbons (Fsp3) is 0.750. The SMILES string of the molecule is C#CC(C)(C)NCCCS(=O)(=O)O. The molecule has 0 aromatic heterocycles. The van der Waals surface area contributed by atoms with Crippen LogP contribution in [0.25, 0.3) is 0 Å². The molecule has 5 heteroatoms. The third-order valence-electron chi connectivity index (χ3n) is 1.51. The minimum atomic E-state index is -3.84. The molecule has 0 aliphatic heterocycles. The van der Waals surface area contributed by atoms with Crippen LogP contribution in [0.15, 0.2) is 0 Å². The molecule has 2 N–H and O–H groups in total. The number of rotatable bonds is 5. The Morgan fingerprint density at radius 1 is 1.54 bits per heavy atom. The molecule has 13 heavy (non-hydrogen) atoms. The highest BCUT2D eigenvalue weighted by atomic mass is 32.2. The van der Waals surface area contributed by atoms with Crippen molar-refractivity contribution in [3.8, 4) is 12.3 Å². The Balaban J connectivity index is 3.66. The molecule has 0 unspecified atom stereocenters. The summed E-state index contributed by atoms with van der Waals surface area (Å²) in [6.07, 6.45) is 5.55. The highest BCUT2D eigenvalue weighted by Crippen LogP contribution is 1.98. The second kappa shape index (κ2) is 4.61. The van der Waals surface area contributed by atoms with Gasteiger partial charge in [-0.2, -0.15) is 8.42 Å². The molecule has 0 spiro atoms. The summed E-state index contributed by atoms with van der Waals surface area (Å²) in [6.45, 7) is 4.11. The molecule has 0 aliphatic carbocycles. The molecule has 0 bridgehead atoms. The summed E-state index contributed by atoms with van der Waals surface area (Å²) in [5, 5.41) is 2.97. The van der Waals surface area contributed by atoms with E-state index >= 15 is 0 Å². The van der Waals surface area contributed by atoms with E-state index in [0.717, 1.165) is 0 Å². The van der Waals surface area contributed by atoms with E-state index in [1.54, 1.807) is 0 Å². The van der Waals surface area contributed by atoms with Gasteiger partial charge >= 0.3 is 0 Å². The van der Waals surface area contributed by atoms with E-state index in [1.807, 2.05) is 13.8 Å². The van der Waals surface area contributed by atoms with E-state index in [9.17, 15) is 8.42 Å². The average molecular weight is 205 g/mol. The quantitative estimate of drug-likeness (QED) is 0.384. The number of hydrogen-bond donors (Lipinski definition) is 2. The van der Waals surface area contributed by atoms with Crippen molar-refractivity contribution in [1.82, 2.24) is 5.32 Å². The zero-order chi connectivity index (χ0) is 10.5. The smallest absolute Gasteiger partial charge is 0.264 e. The van der Waals surface area contributed by atoms with E-state index in [1.165, 1.54) is 0 Å². The van der Waals surface area contributed by atoms with Crippen molar-refractivity contribution in [1.29, 1.82) is 0 Å². The average Bonchev–Trinajstić information content (AvgIpc) is 1.97. The van der Waals surface area contributed by atoms with Gasteiger partial charge in [0.1, 0.15) is 0 Å². The number of nitrogens with one attached hydrogen (secondary N) is 1. The number of hydrogen-bond acceptors (Lipinski definition) is 3. The van der Waals surface area contributed by atoms with Gasteiger partial charge in [0.05, 0.1) is 11.3 Å². The first-order valence-corrected chi connectivity index (χ1v) is 5.56. The molecule has 0 amide bonds. The van der Waals surface area contributed by atoms with Gasteiger partial charge in [0.25, 0.3) is 10.1 Å². The molecule has 0 aliphatic rings. The normalized spacial score (nSPS) is 12.5. The zero-order valence-corrected chi connectivity index (χ0v) is 8.69. The van der Waals surface area contributed by atoms with Crippen LogP contribution in [0, 0.1) is 12.3 Å². The van der Waals surface area contributed by atoms with Crippen molar-refractivity contribution in [2.45, 2.75) is 25.8 Å². The fourth-order valence-corrected chi connectivity index (χ4v) is 1.22. The van der Waals surface area contributed by atoms with Crippen LogP contribution >= 0.6 is 0 Å². The Labute approximate surface area is 79.5 Å². The summed E-state index contributed by atoms with van der Waals surface area (Å²) < 4.78 is 29.0. The summed E-state index contributed by atoms with van der Waals surface area (Å²) in [5.74, 6) is 2.28. The minimum Gasteiger partial charge on any atom is -0.302 e. The molecule has 0 aromatic rings. The molecule has 76 valence electrons. The molecule has 0 aromatic carbocycles. The fourth-order valence-electron chi connectivity index (χ4n) is 0.706. The minimum absolute atomic E-state index is 0.235. The molecule has 0 saturated heterocycles. The lowest BCUT2D eigenvalue weighted by Crippen LogP contribution is -2.38. The lowest BCUT2D eigenvalue weighted by molar-refractivity contribution is 0.467. The third-order valence-corrected chi connectivity index (χ3v) is 2.31. The second-order valence-corrected chi connectivity index (χ2v) is 4.91. The summed E-state index contributed by atoms with van der Waals surface area (Å²) in [6, 6.07) is 0. The summed E-state index contributed by atoms with van der Waals surface area (Å²) in [4.78, 5) is 0. The van der Waals surface area contributed by atoms with Gasteiger partial charge in [-0.1, -0.05) is 5.92 Å². The van der Waals surface area contributed by atoms with E-state index in [0.29, 0.717) is 13.0 Å². The first kappa shape index (κ1) is 12.4. The van der Waals surface area contributed by atoms with Crippen molar-refractivity contribution in [2.24, 2.45) is 0 Å². The summed E-state index contributed by atoms with van der Waals surface area (Å²) in [5.41, 5.74) is -0.431.